The Morgan fingerprint density at radius 1 is 1.15 bits per heavy atom. The van der Waals surface area contributed by atoms with Crippen LogP contribution in [0.5, 0.6) is 0 Å². The number of hydrogen-bond donors (Lipinski definition) is 2. The Morgan fingerprint density at radius 3 is 2.42 bits per heavy atom. The average Bonchev–Trinajstić information content (AvgIpc) is 2.76. The summed E-state index contributed by atoms with van der Waals surface area (Å²) in [5, 5.41) is 0. The number of allylic oxidation sites excluding steroid dienone is 2. The zero-order valence-electron chi connectivity index (χ0n) is 19.7. The lowest BCUT2D eigenvalue weighted by Crippen LogP contribution is -2.59. The van der Waals surface area contributed by atoms with Gasteiger partial charge in [-0.3, -0.25) is 20.7 Å². The average molecular weight is 481 g/mol. The molecule has 1 unspecified atom stereocenters. The van der Waals surface area contributed by atoms with Crippen molar-refractivity contribution in [1.29, 1.82) is 0 Å². The number of carbonyl (C=O) groups excluding carboxylic acids is 1. The molecule has 2 aliphatic rings. The number of urea groups is 1. The van der Waals surface area contributed by atoms with Crippen molar-refractivity contribution in [2.75, 3.05) is 32.6 Å². The summed E-state index contributed by atoms with van der Waals surface area (Å²) in [6.07, 6.45) is 7.16. The molecule has 1 aromatic carbocycles. The Morgan fingerprint density at radius 2 is 1.82 bits per heavy atom. The smallest absolute Gasteiger partial charge is 0.294 e. The van der Waals surface area contributed by atoms with Gasteiger partial charge in [0.05, 0.1) is 11.7 Å². The van der Waals surface area contributed by atoms with E-state index in [9.17, 15) is 13.2 Å². The standard InChI is InChI=1S/C22H33FN6O3S/c1-16-9-6-7-12-28(16)22(30)25-24-20-11-8-10-19(21(20)23)15-29-17(2)13-27(14-18(29)3)33(31,32)26(4)5/h6-12,16-18,24H,13-15H2,1-5H3,(H,25,30)/t16?,17-,18+. The predicted molar refractivity (Wildman–Crippen MR) is 127 cm³/mol. The van der Waals surface area contributed by atoms with E-state index >= 15 is 4.39 Å². The van der Waals surface area contributed by atoms with E-state index < -0.39 is 22.1 Å². The molecule has 2 amide bonds. The van der Waals surface area contributed by atoms with E-state index in [1.165, 1.54) is 27.6 Å². The molecule has 0 bridgehead atoms. The van der Waals surface area contributed by atoms with Crippen molar-refractivity contribution in [3.8, 4) is 0 Å². The van der Waals surface area contributed by atoms with Crippen molar-refractivity contribution in [3.63, 3.8) is 0 Å². The van der Waals surface area contributed by atoms with Crippen LogP contribution in [0.1, 0.15) is 26.3 Å². The highest BCUT2D eigenvalue weighted by molar-refractivity contribution is 7.86. The van der Waals surface area contributed by atoms with Crippen LogP contribution in [-0.2, 0) is 16.8 Å². The quantitative estimate of drug-likeness (QED) is 0.611. The highest BCUT2D eigenvalue weighted by Crippen LogP contribution is 2.25. The number of benzene rings is 1. The molecule has 182 valence electrons. The molecule has 0 aromatic heterocycles. The van der Waals surface area contributed by atoms with Gasteiger partial charge in [-0.1, -0.05) is 24.3 Å². The van der Waals surface area contributed by atoms with Crippen molar-refractivity contribution in [2.45, 2.75) is 45.4 Å². The topological polar surface area (TPSA) is 88.2 Å². The van der Waals surface area contributed by atoms with Gasteiger partial charge in [0.1, 0.15) is 0 Å². The second-order valence-corrected chi connectivity index (χ2v) is 10.8. The fraction of sp³-hybridized carbons (Fsp3) is 0.500. The van der Waals surface area contributed by atoms with E-state index in [2.05, 4.69) is 15.8 Å². The van der Waals surface area contributed by atoms with Gasteiger partial charge in [-0.2, -0.15) is 17.0 Å². The minimum Gasteiger partial charge on any atom is -0.294 e. The van der Waals surface area contributed by atoms with Crippen molar-refractivity contribution in [2.24, 2.45) is 0 Å². The number of rotatable bonds is 6. The molecule has 2 heterocycles. The second kappa shape index (κ2) is 10.2. The monoisotopic (exact) mass is 480 g/mol. The molecule has 11 heteroatoms. The summed E-state index contributed by atoms with van der Waals surface area (Å²) in [7, 11) is -0.470. The number of anilines is 1. The molecule has 1 fully saturated rings. The predicted octanol–water partition coefficient (Wildman–Crippen LogP) is 2.34. The molecule has 1 saturated heterocycles. The maximum Gasteiger partial charge on any atom is 0.340 e. The van der Waals surface area contributed by atoms with Crippen molar-refractivity contribution in [3.05, 3.63) is 54.0 Å². The molecule has 0 spiro atoms. The van der Waals surface area contributed by atoms with Crippen LogP contribution in [0, 0.1) is 5.82 Å². The lowest BCUT2D eigenvalue weighted by molar-refractivity contribution is 0.0668. The van der Waals surface area contributed by atoms with Gasteiger partial charge in [0.25, 0.3) is 10.2 Å². The molecule has 1 aromatic rings. The first kappa shape index (κ1) is 25.2. The van der Waals surface area contributed by atoms with Gasteiger partial charge >= 0.3 is 6.03 Å². The Labute approximate surface area is 195 Å². The normalized spacial score (nSPS) is 24.3. The lowest BCUT2D eigenvalue weighted by atomic mass is 10.1. The lowest BCUT2D eigenvalue weighted by Gasteiger charge is -2.44. The number of hydrazine groups is 1. The summed E-state index contributed by atoms with van der Waals surface area (Å²) in [5.74, 6) is -0.456. The number of piperazine rings is 1. The van der Waals surface area contributed by atoms with Crippen LogP contribution < -0.4 is 10.9 Å². The molecule has 33 heavy (non-hydrogen) atoms. The number of nitrogens with one attached hydrogen (secondary N) is 2. The van der Waals surface area contributed by atoms with Crippen molar-refractivity contribution < 1.29 is 17.6 Å². The molecule has 0 radical (unpaired) electrons. The fourth-order valence-corrected chi connectivity index (χ4v) is 5.34. The molecular formula is C22H33FN6O3S. The van der Waals surface area contributed by atoms with Crippen molar-refractivity contribution >= 4 is 21.9 Å². The zero-order chi connectivity index (χ0) is 24.3. The summed E-state index contributed by atoms with van der Waals surface area (Å²) in [6, 6.07) is 4.29. The van der Waals surface area contributed by atoms with Crippen molar-refractivity contribution in [1.82, 2.24) is 23.8 Å². The molecule has 9 nitrogen and oxygen atoms in total. The van der Waals surface area contributed by atoms with Gasteiger partial charge in [-0.15, -0.1) is 0 Å². The first-order valence-corrected chi connectivity index (χ1v) is 12.3. The fourth-order valence-electron chi connectivity index (χ4n) is 4.07. The maximum atomic E-state index is 15.2. The summed E-state index contributed by atoms with van der Waals surface area (Å²) in [6.45, 7) is 6.75. The first-order chi connectivity index (χ1) is 15.5. The third kappa shape index (κ3) is 5.55. The number of halogens is 1. The molecule has 3 rings (SSSR count). The molecule has 2 aliphatic heterocycles. The maximum absolute atomic E-state index is 15.2. The molecule has 0 saturated carbocycles. The van der Waals surface area contributed by atoms with Crippen LogP contribution in [0.3, 0.4) is 0 Å². The minimum absolute atomic E-state index is 0.0976. The van der Waals surface area contributed by atoms with Gasteiger partial charge in [0.2, 0.25) is 0 Å². The Hall–Kier alpha value is -2.47. The first-order valence-electron chi connectivity index (χ1n) is 10.9. The summed E-state index contributed by atoms with van der Waals surface area (Å²) >= 11 is 0. The number of hydrogen-bond acceptors (Lipinski definition) is 5. The van der Waals surface area contributed by atoms with Crippen LogP contribution in [-0.4, -0.2) is 78.2 Å². The molecule has 3 atom stereocenters. The van der Waals surface area contributed by atoms with E-state index in [4.69, 9.17) is 0 Å². The minimum atomic E-state index is -3.50. The molecule has 0 aliphatic carbocycles. The van der Waals surface area contributed by atoms with Crippen LogP contribution >= 0.6 is 0 Å². The van der Waals surface area contributed by atoms with Crippen LogP contribution in [0.25, 0.3) is 0 Å². The van der Waals surface area contributed by atoms with E-state index in [1.54, 1.807) is 30.5 Å². The van der Waals surface area contributed by atoms with E-state index in [1.807, 2.05) is 32.9 Å². The van der Waals surface area contributed by atoms with Gasteiger partial charge in [-0.05, 0) is 32.9 Å². The summed E-state index contributed by atoms with van der Waals surface area (Å²) in [5.41, 5.74) is 5.86. The number of amides is 2. The van der Waals surface area contributed by atoms with E-state index in [-0.39, 0.29) is 23.8 Å². The third-order valence-corrected chi connectivity index (χ3v) is 7.89. The Bertz CT molecular complexity index is 1020. The largest absolute Gasteiger partial charge is 0.340 e. The van der Waals surface area contributed by atoms with Gasteiger partial charge < -0.3 is 0 Å². The van der Waals surface area contributed by atoms with Crippen LogP contribution in [0.4, 0.5) is 14.9 Å². The van der Waals surface area contributed by atoms with Gasteiger partial charge in [0, 0.05) is 57.6 Å². The summed E-state index contributed by atoms with van der Waals surface area (Å²) in [4.78, 5) is 16.0. The van der Waals surface area contributed by atoms with Gasteiger partial charge in [-0.25, -0.2) is 9.18 Å². The third-order valence-electron chi connectivity index (χ3n) is 6.01. The highest BCUT2D eigenvalue weighted by Gasteiger charge is 2.36. The van der Waals surface area contributed by atoms with E-state index in [0.29, 0.717) is 25.2 Å². The van der Waals surface area contributed by atoms with E-state index in [0.717, 1.165) is 0 Å². The zero-order valence-corrected chi connectivity index (χ0v) is 20.5. The highest BCUT2D eigenvalue weighted by atomic mass is 32.2. The SMILES string of the molecule is CC1C=CC=CN1C(=O)NNc1cccc(CN2[C@H](C)CN(S(=O)(=O)N(C)C)C[C@@H]2C)c1F. The van der Waals surface area contributed by atoms with Crippen LogP contribution in [0.2, 0.25) is 0 Å². The number of carbonyl (C=O) groups is 1. The number of nitrogens with zero attached hydrogens (tertiary/aromatic N) is 4. The van der Waals surface area contributed by atoms with Gasteiger partial charge in [0.15, 0.2) is 5.82 Å². The Kier molecular flexibility index (Phi) is 7.78. The second-order valence-electron chi connectivity index (χ2n) is 8.69. The van der Waals surface area contributed by atoms with Crippen LogP contribution in [0.15, 0.2) is 42.6 Å². The Balaban J connectivity index is 1.66. The summed E-state index contributed by atoms with van der Waals surface area (Å²) < 4.78 is 42.9. The molecular weight excluding hydrogens is 447 g/mol. The molecule has 2 N–H and O–H groups in total.